The highest BCUT2D eigenvalue weighted by Gasteiger charge is 2.31. The average molecular weight is 407 g/mol. The number of benzene rings is 2. The first-order valence-corrected chi connectivity index (χ1v) is 9.66. The van der Waals surface area contributed by atoms with Crippen LogP contribution < -0.4 is 10.1 Å². The van der Waals surface area contributed by atoms with Gasteiger partial charge < -0.3 is 15.2 Å². The smallest absolute Gasteiger partial charge is 0.416 e. The van der Waals surface area contributed by atoms with Crippen molar-refractivity contribution in [1.29, 1.82) is 0 Å². The van der Waals surface area contributed by atoms with Crippen molar-refractivity contribution < 1.29 is 27.8 Å². The van der Waals surface area contributed by atoms with E-state index < -0.39 is 17.7 Å². The number of nitrogens with one attached hydrogen (secondary N) is 1. The molecule has 0 aromatic heterocycles. The van der Waals surface area contributed by atoms with Gasteiger partial charge in [-0.25, -0.2) is 0 Å². The van der Waals surface area contributed by atoms with Gasteiger partial charge in [-0.2, -0.15) is 13.2 Å². The second kappa shape index (κ2) is 8.86. The molecule has 3 rings (SSSR count). The lowest BCUT2D eigenvalue weighted by molar-refractivity contribution is -0.138. The summed E-state index contributed by atoms with van der Waals surface area (Å²) in [6.45, 7) is 3.31. The van der Waals surface area contributed by atoms with Crippen LogP contribution in [-0.2, 0) is 23.9 Å². The van der Waals surface area contributed by atoms with E-state index in [4.69, 9.17) is 9.84 Å². The van der Waals surface area contributed by atoms with Crippen molar-refractivity contribution in [2.75, 3.05) is 13.2 Å². The molecule has 29 heavy (non-hydrogen) atoms. The van der Waals surface area contributed by atoms with E-state index in [9.17, 15) is 18.0 Å². The van der Waals surface area contributed by atoms with Gasteiger partial charge in [-0.15, -0.1) is 0 Å². The Labute approximate surface area is 167 Å². The highest BCUT2D eigenvalue weighted by Crippen LogP contribution is 2.38. The molecule has 0 bridgehead atoms. The van der Waals surface area contributed by atoms with Crippen molar-refractivity contribution in [2.45, 2.75) is 38.9 Å². The predicted octanol–water partition coefficient (Wildman–Crippen LogP) is 4.90. The number of carboxylic acid groups (broad SMARTS) is 1. The molecule has 2 aromatic carbocycles. The quantitative estimate of drug-likeness (QED) is 0.621. The van der Waals surface area contributed by atoms with Crippen molar-refractivity contribution in [3.8, 4) is 16.9 Å². The van der Waals surface area contributed by atoms with Crippen molar-refractivity contribution in [2.24, 2.45) is 5.92 Å². The lowest BCUT2D eigenvalue weighted by atomic mass is 9.94. The van der Waals surface area contributed by atoms with Gasteiger partial charge in [0, 0.05) is 12.1 Å². The molecule has 1 aliphatic rings. The van der Waals surface area contributed by atoms with Crippen molar-refractivity contribution in [3.63, 3.8) is 0 Å². The SMILES string of the molecule is CCNCc1cc(C(F)(F)F)ccc1-c1cc(CC(=O)O)ccc1OCC1CC1. The maximum Gasteiger partial charge on any atom is 0.416 e. The topological polar surface area (TPSA) is 58.6 Å². The van der Waals surface area contributed by atoms with Crippen LogP contribution in [0.1, 0.15) is 36.5 Å². The van der Waals surface area contributed by atoms with Gasteiger partial charge in [-0.05, 0) is 66.3 Å². The maximum absolute atomic E-state index is 13.2. The first-order chi connectivity index (χ1) is 13.8. The van der Waals surface area contributed by atoms with Gasteiger partial charge in [0.1, 0.15) is 5.75 Å². The second-order valence-corrected chi connectivity index (χ2v) is 7.31. The summed E-state index contributed by atoms with van der Waals surface area (Å²) in [6.07, 6.45) is -2.38. The molecular formula is C22H24F3NO3. The minimum atomic E-state index is -4.43. The summed E-state index contributed by atoms with van der Waals surface area (Å²) < 4.78 is 45.6. The van der Waals surface area contributed by atoms with Crippen LogP contribution in [0.3, 0.4) is 0 Å². The van der Waals surface area contributed by atoms with Crippen molar-refractivity contribution >= 4 is 5.97 Å². The lowest BCUT2D eigenvalue weighted by Crippen LogP contribution is -2.14. The molecule has 0 radical (unpaired) electrons. The molecule has 0 unspecified atom stereocenters. The zero-order valence-electron chi connectivity index (χ0n) is 16.2. The standard InChI is InChI=1S/C22H24F3NO3/c1-2-26-12-16-11-17(22(23,24)25)6-7-18(16)19-9-15(10-21(27)28)5-8-20(19)29-13-14-3-4-14/h5-9,11,14,26H,2-4,10,12-13H2,1H3,(H,27,28). The fourth-order valence-corrected chi connectivity index (χ4v) is 3.13. The molecule has 0 heterocycles. The van der Waals surface area contributed by atoms with Crippen LogP contribution in [0.15, 0.2) is 36.4 Å². The molecule has 2 N–H and O–H groups in total. The van der Waals surface area contributed by atoms with Crippen LogP contribution in [0.4, 0.5) is 13.2 Å². The first-order valence-electron chi connectivity index (χ1n) is 9.66. The Morgan fingerprint density at radius 2 is 1.93 bits per heavy atom. The summed E-state index contributed by atoms with van der Waals surface area (Å²) in [7, 11) is 0. The Kier molecular flexibility index (Phi) is 6.47. The van der Waals surface area contributed by atoms with Crippen LogP contribution in [0.5, 0.6) is 5.75 Å². The summed E-state index contributed by atoms with van der Waals surface area (Å²) in [5, 5.41) is 12.2. The summed E-state index contributed by atoms with van der Waals surface area (Å²) in [4.78, 5) is 11.1. The molecule has 1 aliphatic carbocycles. The molecule has 7 heteroatoms. The summed E-state index contributed by atoms with van der Waals surface area (Å²) in [5.41, 5.74) is 1.57. The zero-order chi connectivity index (χ0) is 21.0. The minimum absolute atomic E-state index is 0.168. The van der Waals surface area contributed by atoms with Gasteiger partial charge in [-0.3, -0.25) is 4.79 Å². The lowest BCUT2D eigenvalue weighted by Gasteiger charge is -2.18. The third-order valence-corrected chi connectivity index (χ3v) is 4.86. The normalized spacial score (nSPS) is 14.1. The van der Waals surface area contributed by atoms with Crippen LogP contribution >= 0.6 is 0 Å². The number of carbonyl (C=O) groups is 1. The number of carboxylic acids is 1. The van der Waals surface area contributed by atoms with Crippen LogP contribution in [0, 0.1) is 5.92 Å². The molecule has 2 aromatic rings. The highest BCUT2D eigenvalue weighted by atomic mass is 19.4. The minimum Gasteiger partial charge on any atom is -0.493 e. The van der Waals surface area contributed by atoms with E-state index in [1.165, 1.54) is 6.07 Å². The van der Waals surface area contributed by atoms with Crippen LogP contribution in [0.25, 0.3) is 11.1 Å². The molecule has 0 amide bonds. The number of hydrogen-bond donors (Lipinski definition) is 2. The predicted molar refractivity (Wildman–Crippen MR) is 104 cm³/mol. The Balaban J connectivity index is 2.05. The molecule has 0 spiro atoms. The molecule has 0 saturated heterocycles. The fourth-order valence-electron chi connectivity index (χ4n) is 3.13. The van der Waals surface area contributed by atoms with Gasteiger partial charge >= 0.3 is 12.1 Å². The van der Waals surface area contributed by atoms with Crippen LogP contribution in [-0.4, -0.2) is 24.2 Å². The van der Waals surface area contributed by atoms with E-state index >= 15 is 0 Å². The fraction of sp³-hybridized carbons (Fsp3) is 0.409. The Morgan fingerprint density at radius 1 is 1.17 bits per heavy atom. The van der Waals surface area contributed by atoms with Crippen LogP contribution in [0.2, 0.25) is 0 Å². The molecule has 0 atom stereocenters. The number of rotatable bonds is 9. The van der Waals surface area contributed by atoms with E-state index in [1.807, 2.05) is 6.92 Å². The van der Waals surface area contributed by atoms with Crippen molar-refractivity contribution in [1.82, 2.24) is 5.32 Å². The summed E-state index contributed by atoms with van der Waals surface area (Å²) >= 11 is 0. The van der Waals surface area contributed by atoms with Gasteiger partial charge in [0.05, 0.1) is 18.6 Å². The molecule has 0 aliphatic heterocycles. The third-order valence-electron chi connectivity index (χ3n) is 4.86. The first kappa shape index (κ1) is 21.2. The number of hydrogen-bond acceptors (Lipinski definition) is 3. The molecule has 1 fully saturated rings. The molecule has 1 saturated carbocycles. The monoisotopic (exact) mass is 407 g/mol. The molecular weight excluding hydrogens is 383 g/mol. The highest BCUT2D eigenvalue weighted by molar-refractivity contribution is 5.77. The third kappa shape index (κ3) is 5.73. The van der Waals surface area contributed by atoms with Gasteiger partial charge in [-0.1, -0.05) is 19.1 Å². The largest absolute Gasteiger partial charge is 0.493 e. The maximum atomic E-state index is 13.2. The van der Waals surface area contributed by atoms with E-state index in [1.54, 1.807) is 18.2 Å². The zero-order valence-corrected chi connectivity index (χ0v) is 16.2. The second-order valence-electron chi connectivity index (χ2n) is 7.31. The van der Waals surface area contributed by atoms with E-state index in [-0.39, 0.29) is 13.0 Å². The van der Waals surface area contributed by atoms with E-state index in [2.05, 4.69) is 5.32 Å². The Bertz CT molecular complexity index is 876. The summed E-state index contributed by atoms with van der Waals surface area (Å²) in [5.74, 6) is 0.0989. The number of ether oxygens (including phenoxy) is 1. The number of halogens is 3. The van der Waals surface area contributed by atoms with E-state index in [0.29, 0.717) is 47.1 Å². The van der Waals surface area contributed by atoms with Crippen molar-refractivity contribution in [3.05, 3.63) is 53.1 Å². The number of alkyl halides is 3. The summed E-state index contributed by atoms with van der Waals surface area (Å²) in [6, 6.07) is 8.75. The van der Waals surface area contributed by atoms with Gasteiger partial charge in [0.15, 0.2) is 0 Å². The van der Waals surface area contributed by atoms with Gasteiger partial charge in [0.2, 0.25) is 0 Å². The Hall–Kier alpha value is -2.54. The average Bonchev–Trinajstić information content (AvgIpc) is 3.48. The van der Waals surface area contributed by atoms with Gasteiger partial charge in [0.25, 0.3) is 0 Å². The molecule has 156 valence electrons. The number of aliphatic carboxylic acids is 1. The van der Waals surface area contributed by atoms with E-state index in [0.717, 1.165) is 25.0 Å². The molecule has 4 nitrogen and oxygen atoms in total. The Morgan fingerprint density at radius 3 is 2.55 bits per heavy atom.